The number of carboxylic acid groups (broad SMARTS) is 1. The van der Waals surface area contributed by atoms with E-state index in [4.69, 9.17) is 0 Å². The third-order valence-corrected chi connectivity index (χ3v) is 5.83. The fraction of sp³-hybridized carbons (Fsp3) is 0.600. The molecule has 2 saturated heterocycles. The van der Waals surface area contributed by atoms with Crippen LogP contribution in [0.25, 0.3) is 0 Å². The Kier molecular flexibility index (Phi) is 3.75. The molecule has 0 aliphatic carbocycles. The summed E-state index contributed by atoms with van der Waals surface area (Å²) in [6.07, 6.45) is 1.57. The number of carbonyl (C=O) groups excluding carboxylic acids is 1. The fourth-order valence-corrected chi connectivity index (χ4v) is 4.42. The van der Waals surface area contributed by atoms with Crippen LogP contribution in [0, 0.1) is 12.8 Å². The average molecular weight is 308 g/mol. The number of carboxylic acids is 1. The molecule has 1 atom stereocenters. The lowest BCUT2D eigenvalue weighted by atomic mass is 9.78. The molecule has 0 saturated carbocycles. The Labute approximate surface area is 128 Å². The Morgan fingerprint density at radius 2 is 2.24 bits per heavy atom. The van der Waals surface area contributed by atoms with Gasteiger partial charge in [0.2, 0.25) is 5.91 Å². The van der Waals surface area contributed by atoms with Crippen molar-refractivity contribution in [2.75, 3.05) is 13.1 Å². The van der Waals surface area contributed by atoms with Gasteiger partial charge in [-0.25, -0.2) is 0 Å². The summed E-state index contributed by atoms with van der Waals surface area (Å²) in [5.74, 6) is -1.54. The van der Waals surface area contributed by atoms with E-state index in [0.29, 0.717) is 0 Å². The number of hydrogen-bond acceptors (Lipinski definition) is 4. The zero-order chi connectivity index (χ0) is 15.0. The lowest BCUT2D eigenvalue weighted by Crippen LogP contribution is -2.55. The molecule has 0 unspecified atom stereocenters. The Balaban J connectivity index is 1.65. The van der Waals surface area contributed by atoms with E-state index in [1.54, 1.807) is 11.3 Å². The average Bonchev–Trinajstić information content (AvgIpc) is 2.97. The largest absolute Gasteiger partial charge is 0.481 e. The molecule has 3 rings (SSSR count). The van der Waals surface area contributed by atoms with E-state index in [9.17, 15) is 14.7 Å². The molecule has 114 valence electrons. The number of rotatable bonds is 3. The maximum atomic E-state index is 11.6. The molecule has 1 amide bonds. The minimum absolute atomic E-state index is 0.120. The molecule has 6 heteroatoms. The maximum Gasteiger partial charge on any atom is 0.309 e. The minimum Gasteiger partial charge on any atom is -0.481 e. The number of amides is 1. The first-order chi connectivity index (χ1) is 10.00. The van der Waals surface area contributed by atoms with Gasteiger partial charge < -0.3 is 10.4 Å². The smallest absolute Gasteiger partial charge is 0.309 e. The van der Waals surface area contributed by atoms with Gasteiger partial charge in [-0.1, -0.05) is 0 Å². The first-order valence-corrected chi connectivity index (χ1v) is 8.17. The van der Waals surface area contributed by atoms with Crippen LogP contribution in [0.15, 0.2) is 11.4 Å². The first kappa shape index (κ1) is 14.5. The van der Waals surface area contributed by atoms with Gasteiger partial charge in [0.05, 0.1) is 11.5 Å². The van der Waals surface area contributed by atoms with Crippen LogP contribution < -0.4 is 5.32 Å². The van der Waals surface area contributed by atoms with Gasteiger partial charge >= 0.3 is 5.97 Å². The predicted octanol–water partition coefficient (Wildman–Crippen LogP) is 1.61. The van der Waals surface area contributed by atoms with Crippen molar-refractivity contribution in [1.29, 1.82) is 0 Å². The third kappa shape index (κ3) is 2.70. The second kappa shape index (κ2) is 5.42. The quantitative estimate of drug-likeness (QED) is 0.890. The molecule has 2 aliphatic rings. The van der Waals surface area contributed by atoms with Gasteiger partial charge in [0, 0.05) is 30.9 Å². The number of aryl methyl sites for hydroxylation is 1. The monoisotopic (exact) mass is 308 g/mol. The molecule has 1 aromatic heterocycles. The highest BCUT2D eigenvalue weighted by Gasteiger charge is 2.51. The highest BCUT2D eigenvalue weighted by atomic mass is 32.1. The van der Waals surface area contributed by atoms with Gasteiger partial charge in [-0.15, -0.1) is 11.3 Å². The van der Waals surface area contributed by atoms with E-state index in [0.717, 1.165) is 32.5 Å². The Hall–Kier alpha value is -1.40. The molecule has 0 radical (unpaired) electrons. The molecule has 1 aromatic rings. The van der Waals surface area contributed by atoms with Crippen molar-refractivity contribution < 1.29 is 14.7 Å². The van der Waals surface area contributed by atoms with Crippen LogP contribution in [0.4, 0.5) is 0 Å². The number of likely N-dealkylation sites (tertiary alicyclic amines) is 1. The molecule has 1 spiro atoms. The number of thiophene rings is 1. The normalized spacial score (nSPS) is 25.2. The van der Waals surface area contributed by atoms with Crippen LogP contribution in [0.3, 0.4) is 0 Å². The molecule has 2 N–H and O–H groups in total. The van der Waals surface area contributed by atoms with Gasteiger partial charge in [-0.2, -0.15) is 0 Å². The summed E-state index contributed by atoms with van der Waals surface area (Å²) >= 11 is 1.77. The molecular weight excluding hydrogens is 288 g/mol. The van der Waals surface area contributed by atoms with Crippen LogP contribution in [0.1, 0.15) is 29.7 Å². The molecule has 2 fully saturated rings. The van der Waals surface area contributed by atoms with Gasteiger partial charge in [-0.3, -0.25) is 14.5 Å². The van der Waals surface area contributed by atoms with Crippen LogP contribution in [-0.4, -0.2) is 40.5 Å². The second-order valence-electron chi connectivity index (χ2n) is 6.10. The SMILES string of the molecule is Cc1ccsc1CN1CCC2(CC1)NC(=O)C[C@H]2C(=O)O. The van der Waals surface area contributed by atoms with E-state index in [1.807, 2.05) is 0 Å². The Morgan fingerprint density at radius 1 is 1.52 bits per heavy atom. The van der Waals surface area contributed by atoms with Crippen molar-refractivity contribution in [1.82, 2.24) is 10.2 Å². The van der Waals surface area contributed by atoms with Crippen LogP contribution in [-0.2, 0) is 16.1 Å². The van der Waals surface area contributed by atoms with Gasteiger partial charge in [0.1, 0.15) is 0 Å². The molecule has 21 heavy (non-hydrogen) atoms. The van der Waals surface area contributed by atoms with E-state index < -0.39 is 17.4 Å². The number of piperidine rings is 1. The van der Waals surface area contributed by atoms with E-state index >= 15 is 0 Å². The molecule has 0 aromatic carbocycles. The predicted molar refractivity (Wildman–Crippen MR) is 80.2 cm³/mol. The highest BCUT2D eigenvalue weighted by Crippen LogP contribution is 2.37. The Bertz CT molecular complexity index is 561. The van der Waals surface area contributed by atoms with E-state index in [-0.39, 0.29) is 12.3 Å². The second-order valence-corrected chi connectivity index (χ2v) is 7.10. The highest BCUT2D eigenvalue weighted by molar-refractivity contribution is 7.10. The summed E-state index contributed by atoms with van der Waals surface area (Å²) in [6, 6.07) is 2.13. The minimum atomic E-state index is -0.851. The summed E-state index contributed by atoms with van der Waals surface area (Å²) in [4.78, 5) is 26.8. The van der Waals surface area contributed by atoms with Crippen molar-refractivity contribution in [2.45, 2.75) is 38.3 Å². The lowest BCUT2D eigenvalue weighted by Gasteiger charge is -2.41. The number of nitrogens with zero attached hydrogens (tertiary/aromatic N) is 1. The number of nitrogens with one attached hydrogen (secondary N) is 1. The fourth-order valence-electron chi connectivity index (χ4n) is 3.47. The standard InChI is InChI=1S/C15H20N2O3S/c1-10-2-7-21-12(10)9-17-5-3-15(4-6-17)11(14(19)20)8-13(18)16-15/h2,7,11H,3-6,8-9H2,1H3,(H,16,18)(H,19,20)/t11-/m0/s1. The molecule has 2 aliphatic heterocycles. The van der Waals surface area contributed by atoms with Gasteiger partial charge in [0.15, 0.2) is 0 Å². The summed E-state index contributed by atoms with van der Waals surface area (Å²) in [5.41, 5.74) is 0.794. The molecule has 0 bridgehead atoms. The van der Waals surface area contributed by atoms with E-state index in [1.165, 1.54) is 10.4 Å². The lowest BCUT2D eigenvalue weighted by molar-refractivity contribution is -0.144. The van der Waals surface area contributed by atoms with Crippen LogP contribution in [0.2, 0.25) is 0 Å². The first-order valence-electron chi connectivity index (χ1n) is 7.29. The van der Waals surface area contributed by atoms with Crippen molar-refractivity contribution >= 4 is 23.2 Å². The topological polar surface area (TPSA) is 69.6 Å². The zero-order valence-corrected chi connectivity index (χ0v) is 12.9. The van der Waals surface area contributed by atoms with Crippen LogP contribution >= 0.6 is 11.3 Å². The van der Waals surface area contributed by atoms with Gasteiger partial charge in [0.25, 0.3) is 0 Å². The molecule has 5 nitrogen and oxygen atoms in total. The summed E-state index contributed by atoms with van der Waals surface area (Å²) < 4.78 is 0. The summed E-state index contributed by atoms with van der Waals surface area (Å²) in [7, 11) is 0. The molecule has 3 heterocycles. The van der Waals surface area contributed by atoms with Crippen molar-refractivity contribution in [3.05, 3.63) is 21.9 Å². The summed E-state index contributed by atoms with van der Waals surface area (Å²) in [6.45, 7) is 4.71. The number of carbonyl (C=O) groups is 2. The van der Waals surface area contributed by atoms with Crippen LogP contribution in [0.5, 0.6) is 0 Å². The summed E-state index contributed by atoms with van der Waals surface area (Å²) in [5, 5.41) is 14.4. The molecular formula is C15H20N2O3S. The maximum absolute atomic E-state index is 11.6. The van der Waals surface area contributed by atoms with Crippen molar-refractivity contribution in [3.8, 4) is 0 Å². The number of hydrogen-bond donors (Lipinski definition) is 2. The van der Waals surface area contributed by atoms with Crippen molar-refractivity contribution in [2.24, 2.45) is 5.92 Å². The zero-order valence-electron chi connectivity index (χ0n) is 12.1. The Morgan fingerprint density at radius 3 is 2.81 bits per heavy atom. The third-order valence-electron chi connectivity index (χ3n) is 4.83. The number of aliphatic carboxylic acids is 1. The van der Waals surface area contributed by atoms with E-state index in [2.05, 4.69) is 28.6 Å². The van der Waals surface area contributed by atoms with Crippen molar-refractivity contribution in [3.63, 3.8) is 0 Å². The van der Waals surface area contributed by atoms with Gasteiger partial charge in [-0.05, 0) is 36.8 Å².